The van der Waals surface area contributed by atoms with E-state index in [2.05, 4.69) is 4.98 Å². The van der Waals surface area contributed by atoms with E-state index in [1.54, 1.807) is 6.07 Å². The van der Waals surface area contributed by atoms with E-state index in [0.29, 0.717) is 11.4 Å². The van der Waals surface area contributed by atoms with Crippen LogP contribution in [0.1, 0.15) is 31.2 Å². The Morgan fingerprint density at radius 1 is 1.28 bits per heavy atom. The number of aromatic amines is 1. The zero-order valence-corrected chi connectivity index (χ0v) is 10.3. The molecule has 18 heavy (non-hydrogen) atoms. The Balaban J connectivity index is 1.88. The van der Waals surface area contributed by atoms with Gasteiger partial charge < -0.3 is 10.1 Å². The summed E-state index contributed by atoms with van der Waals surface area (Å²) in [5.74, 6) is 0.115. The first-order valence-electron chi connectivity index (χ1n) is 6.68. The largest absolute Gasteiger partial charge is 0.393 e. The number of hydrogen-bond donors (Lipinski definition) is 2. The highest BCUT2D eigenvalue weighted by atomic mass is 19.1. The van der Waals surface area contributed by atoms with Gasteiger partial charge in [0.25, 0.3) is 0 Å². The van der Waals surface area contributed by atoms with Crippen LogP contribution in [0, 0.1) is 11.7 Å². The third kappa shape index (κ3) is 2.03. The van der Waals surface area contributed by atoms with Gasteiger partial charge in [0.15, 0.2) is 0 Å². The van der Waals surface area contributed by atoms with E-state index in [9.17, 15) is 9.50 Å². The molecular weight excluding hydrogens is 229 g/mol. The Bertz CT molecular complexity index is 548. The maximum Gasteiger partial charge on any atom is 0.147 e. The van der Waals surface area contributed by atoms with Crippen molar-refractivity contribution in [2.24, 2.45) is 5.92 Å². The predicted octanol–water partition coefficient (Wildman–Crippen LogP) is 3.40. The molecule has 1 saturated carbocycles. The fourth-order valence-corrected chi connectivity index (χ4v) is 3.05. The molecule has 1 fully saturated rings. The Kier molecular flexibility index (Phi) is 3.08. The van der Waals surface area contributed by atoms with Gasteiger partial charge in [-0.15, -0.1) is 0 Å². The summed E-state index contributed by atoms with van der Waals surface area (Å²) < 4.78 is 13.6. The fourth-order valence-electron chi connectivity index (χ4n) is 3.05. The summed E-state index contributed by atoms with van der Waals surface area (Å²) in [6, 6.07) is 5.16. The second-order valence-electron chi connectivity index (χ2n) is 5.29. The molecule has 2 nitrogen and oxygen atoms in total. The highest BCUT2D eigenvalue weighted by molar-refractivity contribution is 5.83. The van der Waals surface area contributed by atoms with Gasteiger partial charge in [-0.3, -0.25) is 0 Å². The van der Waals surface area contributed by atoms with Crippen LogP contribution < -0.4 is 0 Å². The lowest BCUT2D eigenvalue weighted by Crippen LogP contribution is -2.26. The molecule has 1 aliphatic carbocycles. The third-order valence-corrected chi connectivity index (χ3v) is 4.10. The molecule has 96 valence electrons. The lowest BCUT2D eigenvalue weighted by molar-refractivity contribution is 0.0702. The van der Waals surface area contributed by atoms with Gasteiger partial charge in [0.1, 0.15) is 5.82 Å². The summed E-state index contributed by atoms with van der Waals surface area (Å²) in [4.78, 5) is 3.00. The Morgan fingerprint density at radius 2 is 2.11 bits per heavy atom. The first kappa shape index (κ1) is 11.7. The maximum absolute atomic E-state index is 13.6. The fraction of sp³-hybridized carbons (Fsp3) is 0.467. The molecule has 0 spiro atoms. The third-order valence-electron chi connectivity index (χ3n) is 4.10. The summed E-state index contributed by atoms with van der Waals surface area (Å²) >= 11 is 0. The second kappa shape index (κ2) is 4.73. The molecule has 0 bridgehead atoms. The Morgan fingerprint density at radius 3 is 2.94 bits per heavy atom. The molecule has 2 unspecified atom stereocenters. The van der Waals surface area contributed by atoms with E-state index in [-0.39, 0.29) is 11.9 Å². The summed E-state index contributed by atoms with van der Waals surface area (Å²) in [6.45, 7) is 0. The molecule has 1 aromatic carbocycles. The molecule has 1 heterocycles. The monoisotopic (exact) mass is 247 g/mol. The molecule has 0 aliphatic heterocycles. The molecule has 3 heteroatoms. The van der Waals surface area contributed by atoms with Crippen molar-refractivity contribution in [3.05, 3.63) is 35.8 Å². The SMILES string of the molecule is OC1CCCCC1Cc1c[nH]c2c(F)cccc12. The van der Waals surface area contributed by atoms with Crippen molar-refractivity contribution in [1.29, 1.82) is 0 Å². The first-order chi connectivity index (χ1) is 8.75. The molecule has 2 N–H and O–H groups in total. The van der Waals surface area contributed by atoms with Crippen LogP contribution in [0.25, 0.3) is 10.9 Å². The molecule has 0 amide bonds. The number of fused-ring (bicyclic) bond motifs is 1. The van der Waals surface area contributed by atoms with Gasteiger partial charge in [-0.1, -0.05) is 25.0 Å². The molecule has 2 aromatic rings. The van der Waals surface area contributed by atoms with Crippen LogP contribution in [0.15, 0.2) is 24.4 Å². The molecule has 2 atom stereocenters. The maximum atomic E-state index is 13.6. The van der Waals surface area contributed by atoms with Crippen LogP contribution in [0.3, 0.4) is 0 Å². The summed E-state index contributed by atoms with van der Waals surface area (Å²) in [6.07, 6.45) is 6.82. The first-order valence-corrected chi connectivity index (χ1v) is 6.68. The zero-order chi connectivity index (χ0) is 12.5. The molecule has 3 rings (SSSR count). The van der Waals surface area contributed by atoms with Gasteiger partial charge in [0.2, 0.25) is 0 Å². The van der Waals surface area contributed by atoms with Crippen molar-refractivity contribution in [2.45, 2.75) is 38.2 Å². The zero-order valence-electron chi connectivity index (χ0n) is 10.3. The molecular formula is C15H18FNO. The summed E-state index contributed by atoms with van der Waals surface area (Å²) in [5.41, 5.74) is 1.70. The minimum Gasteiger partial charge on any atom is -0.393 e. The number of halogens is 1. The van der Waals surface area contributed by atoms with E-state index in [1.807, 2.05) is 12.3 Å². The molecule has 1 aliphatic rings. The number of nitrogens with one attached hydrogen (secondary N) is 1. The van der Waals surface area contributed by atoms with Crippen LogP contribution in [0.2, 0.25) is 0 Å². The quantitative estimate of drug-likeness (QED) is 0.838. The number of aromatic nitrogens is 1. The van der Waals surface area contributed by atoms with Gasteiger partial charge in [0.05, 0.1) is 11.6 Å². The summed E-state index contributed by atoms with van der Waals surface area (Å²) in [5, 5.41) is 11.0. The standard InChI is InChI=1S/C15H18FNO/c16-13-6-3-5-12-11(9-17-15(12)13)8-10-4-1-2-7-14(10)18/h3,5-6,9-10,14,17-18H,1-2,4,7-8H2. The van der Waals surface area contributed by atoms with Crippen molar-refractivity contribution < 1.29 is 9.50 Å². The van der Waals surface area contributed by atoms with Crippen molar-refractivity contribution in [2.75, 3.05) is 0 Å². The van der Waals surface area contributed by atoms with Crippen molar-refractivity contribution in [3.8, 4) is 0 Å². The number of aliphatic hydroxyl groups excluding tert-OH is 1. The topological polar surface area (TPSA) is 36.0 Å². The minimum absolute atomic E-state index is 0.197. The second-order valence-corrected chi connectivity index (χ2v) is 5.29. The van der Waals surface area contributed by atoms with Gasteiger partial charge >= 0.3 is 0 Å². The van der Waals surface area contributed by atoms with Crippen LogP contribution in [0.4, 0.5) is 4.39 Å². The number of benzene rings is 1. The Labute approximate surface area is 106 Å². The van der Waals surface area contributed by atoms with Crippen molar-refractivity contribution in [3.63, 3.8) is 0 Å². The Hall–Kier alpha value is -1.35. The van der Waals surface area contributed by atoms with Crippen LogP contribution >= 0.6 is 0 Å². The van der Waals surface area contributed by atoms with Crippen molar-refractivity contribution in [1.82, 2.24) is 4.98 Å². The molecule has 1 aromatic heterocycles. The van der Waals surface area contributed by atoms with E-state index in [0.717, 1.165) is 36.6 Å². The number of H-pyrrole nitrogens is 1. The van der Waals surface area contributed by atoms with E-state index in [4.69, 9.17) is 0 Å². The average molecular weight is 247 g/mol. The lowest BCUT2D eigenvalue weighted by atomic mass is 9.82. The number of aliphatic hydroxyl groups is 1. The van der Waals surface area contributed by atoms with Gasteiger partial charge in [0, 0.05) is 11.6 Å². The van der Waals surface area contributed by atoms with Gasteiger partial charge in [-0.25, -0.2) is 4.39 Å². The van der Waals surface area contributed by atoms with Gasteiger partial charge in [-0.05, 0) is 36.8 Å². The highest BCUT2D eigenvalue weighted by Gasteiger charge is 2.24. The van der Waals surface area contributed by atoms with Crippen LogP contribution in [0.5, 0.6) is 0 Å². The normalized spacial score (nSPS) is 24.6. The number of para-hydroxylation sites is 1. The van der Waals surface area contributed by atoms with E-state index < -0.39 is 0 Å². The summed E-state index contributed by atoms with van der Waals surface area (Å²) in [7, 11) is 0. The lowest BCUT2D eigenvalue weighted by Gasteiger charge is -2.27. The van der Waals surface area contributed by atoms with Crippen LogP contribution in [-0.4, -0.2) is 16.2 Å². The number of rotatable bonds is 2. The predicted molar refractivity (Wildman–Crippen MR) is 69.9 cm³/mol. The highest BCUT2D eigenvalue weighted by Crippen LogP contribution is 2.30. The minimum atomic E-state index is -0.206. The van der Waals surface area contributed by atoms with Gasteiger partial charge in [-0.2, -0.15) is 0 Å². The molecule has 0 radical (unpaired) electrons. The van der Waals surface area contributed by atoms with Crippen molar-refractivity contribution >= 4 is 10.9 Å². The van der Waals surface area contributed by atoms with E-state index >= 15 is 0 Å². The van der Waals surface area contributed by atoms with Crippen LogP contribution in [-0.2, 0) is 6.42 Å². The molecule has 0 saturated heterocycles. The number of hydrogen-bond acceptors (Lipinski definition) is 1. The van der Waals surface area contributed by atoms with E-state index in [1.165, 1.54) is 12.5 Å². The average Bonchev–Trinajstić information content (AvgIpc) is 2.77. The smallest absolute Gasteiger partial charge is 0.147 e.